The Morgan fingerprint density at radius 3 is 1.52 bits per heavy atom. The molecule has 0 aliphatic carbocycles. The van der Waals surface area contributed by atoms with Gasteiger partial charge in [-0.3, -0.25) is 0 Å². The SMILES string of the molecule is Brc1cc(N(c2ccccc2)c2ccccc2)cc(-n2c3ccccc3c3ccccc32)c1. The molecule has 0 fully saturated rings. The molecule has 1 aromatic heterocycles. The molecule has 0 saturated heterocycles. The lowest BCUT2D eigenvalue weighted by Crippen LogP contribution is -2.10. The number of benzene rings is 5. The molecule has 3 heteroatoms. The monoisotopic (exact) mass is 488 g/mol. The molecule has 1 heterocycles. The maximum atomic E-state index is 3.80. The summed E-state index contributed by atoms with van der Waals surface area (Å²) in [6.07, 6.45) is 0. The highest BCUT2D eigenvalue weighted by Gasteiger charge is 2.16. The van der Waals surface area contributed by atoms with Crippen molar-refractivity contribution < 1.29 is 0 Å². The maximum Gasteiger partial charge on any atom is 0.0541 e. The smallest absolute Gasteiger partial charge is 0.0541 e. The number of hydrogen-bond donors (Lipinski definition) is 0. The zero-order valence-electron chi connectivity index (χ0n) is 17.9. The summed E-state index contributed by atoms with van der Waals surface area (Å²) in [5.74, 6) is 0. The Bertz CT molecular complexity index is 1480. The van der Waals surface area contributed by atoms with Gasteiger partial charge >= 0.3 is 0 Å². The van der Waals surface area contributed by atoms with E-state index >= 15 is 0 Å². The van der Waals surface area contributed by atoms with Gasteiger partial charge in [-0.25, -0.2) is 0 Å². The molecule has 0 bridgehead atoms. The van der Waals surface area contributed by atoms with Crippen LogP contribution in [0.15, 0.2) is 132 Å². The van der Waals surface area contributed by atoms with Crippen LogP contribution in [0.3, 0.4) is 0 Å². The van der Waals surface area contributed by atoms with E-state index in [1.165, 1.54) is 21.8 Å². The average molecular weight is 489 g/mol. The van der Waals surface area contributed by atoms with Crippen LogP contribution in [0.25, 0.3) is 27.5 Å². The first kappa shape index (κ1) is 19.8. The van der Waals surface area contributed by atoms with E-state index in [9.17, 15) is 0 Å². The lowest BCUT2D eigenvalue weighted by atomic mass is 10.1. The fourth-order valence-corrected chi connectivity index (χ4v) is 5.09. The average Bonchev–Trinajstić information content (AvgIpc) is 3.20. The van der Waals surface area contributed by atoms with E-state index in [1.54, 1.807) is 0 Å². The minimum Gasteiger partial charge on any atom is -0.310 e. The third-order valence-electron chi connectivity index (χ3n) is 5.99. The van der Waals surface area contributed by atoms with Crippen molar-refractivity contribution in [2.45, 2.75) is 0 Å². The standard InChI is InChI=1S/C30H21BrN2/c31-22-19-25(32(23-11-3-1-4-12-23)24-13-5-2-6-14-24)21-26(20-22)33-29-17-9-7-15-27(29)28-16-8-10-18-30(28)33/h1-21H. The van der Waals surface area contributed by atoms with E-state index in [2.05, 4.69) is 153 Å². The molecule has 0 atom stereocenters. The number of rotatable bonds is 4. The van der Waals surface area contributed by atoms with E-state index in [1.807, 2.05) is 0 Å². The van der Waals surface area contributed by atoms with E-state index < -0.39 is 0 Å². The molecule has 0 amide bonds. The molecule has 33 heavy (non-hydrogen) atoms. The molecule has 5 aromatic carbocycles. The zero-order valence-corrected chi connectivity index (χ0v) is 19.5. The molecule has 6 rings (SSSR count). The largest absolute Gasteiger partial charge is 0.310 e. The van der Waals surface area contributed by atoms with Gasteiger partial charge in [0.25, 0.3) is 0 Å². The van der Waals surface area contributed by atoms with Gasteiger partial charge in [-0.1, -0.05) is 88.7 Å². The summed E-state index contributed by atoms with van der Waals surface area (Å²) in [4.78, 5) is 2.29. The highest BCUT2D eigenvalue weighted by atomic mass is 79.9. The van der Waals surface area contributed by atoms with Crippen LogP contribution in [0.2, 0.25) is 0 Å². The van der Waals surface area contributed by atoms with Crippen LogP contribution < -0.4 is 4.90 Å². The van der Waals surface area contributed by atoms with Gasteiger partial charge in [-0.15, -0.1) is 0 Å². The zero-order chi connectivity index (χ0) is 22.2. The number of hydrogen-bond acceptors (Lipinski definition) is 1. The third kappa shape index (κ3) is 3.51. The second-order valence-electron chi connectivity index (χ2n) is 8.04. The number of aromatic nitrogens is 1. The lowest BCUT2D eigenvalue weighted by molar-refractivity contribution is 1.16. The lowest BCUT2D eigenvalue weighted by Gasteiger charge is -2.26. The van der Waals surface area contributed by atoms with E-state index in [4.69, 9.17) is 0 Å². The minimum absolute atomic E-state index is 1.04. The topological polar surface area (TPSA) is 8.17 Å². The van der Waals surface area contributed by atoms with Crippen molar-refractivity contribution >= 4 is 54.8 Å². The maximum absolute atomic E-state index is 3.80. The fourth-order valence-electron chi connectivity index (χ4n) is 4.62. The number of nitrogens with zero attached hydrogens (tertiary/aromatic N) is 2. The van der Waals surface area contributed by atoms with Gasteiger partial charge in [0.05, 0.1) is 11.0 Å². The number of fused-ring (bicyclic) bond motifs is 3. The summed E-state index contributed by atoms with van der Waals surface area (Å²) in [7, 11) is 0. The van der Waals surface area contributed by atoms with Gasteiger partial charge in [0.2, 0.25) is 0 Å². The van der Waals surface area contributed by atoms with Gasteiger partial charge in [-0.2, -0.15) is 0 Å². The van der Waals surface area contributed by atoms with Crippen molar-refractivity contribution in [1.29, 1.82) is 0 Å². The second-order valence-corrected chi connectivity index (χ2v) is 8.96. The van der Waals surface area contributed by atoms with Gasteiger partial charge in [0, 0.05) is 38.0 Å². The Morgan fingerprint density at radius 1 is 0.485 bits per heavy atom. The summed E-state index contributed by atoms with van der Waals surface area (Å²) in [6, 6.07) is 44.9. The van der Waals surface area contributed by atoms with Crippen LogP contribution in [0.1, 0.15) is 0 Å². The molecule has 158 valence electrons. The molecule has 0 saturated carbocycles. The molecular formula is C30H21BrN2. The van der Waals surface area contributed by atoms with Gasteiger partial charge in [-0.05, 0) is 54.6 Å². The van der Waals surface area contributed by atoms with E-state index in [0.29, 0.717) is 0 Å². The second kappa shape index (κ2) is 8.27. The Balaban J connectivity index is 1.62. The Morgan fingerprint density at radius 2 is 0.970 bits per heavy atom. The van der Waals surface area contributed by atoms with Crippen LogP contribution in [-0.4, -0.2) is 4.57 Å². The summed E-state index contributed by atoms with van der Waals surface area (Å²) in [6.45, 7) is 0. The molecule has 0 aliphatic rings. The first-order valence-electron chi connectivity index (χ1n) is 11.0. The fraction of sp³-hybridized carbons (Fsp3) is 0. The molecule has 0 aliphatic heterocycles. The molecule has 0 unspecified atom stereocenters. The Hall–Kier alpha value is -3.82. The molecule has 0 N–H and O–H groups in total. The van der Waals surface area contributed by atoms with Gasteiger partial charge in [0.1, 0.15) is 0 Å². The van der Waals surface area contributed by atoms with Crippen molar-refractivity contribution in [3.05, 3.63) is 132 Å². The third-order valence-corrected chi connectivity index (χ3v) is 6.45. The Kier molecular flexibility index (Phi) is 4.97. The molecule has 0 radical (unpaired) electrons. The van der Waals surface area contributed by atoms with Crippen molar-refractivity contribution in [2.24, 2.45) is 0 Å². The summed E-state index contributed by atoms with van der Waals surface area (Å²) >= 11 is 3.80. The van der Waals surface area contributed by atoms with Crippen LogP contribution in [0, 0.1) is 0 Å². The van der Waals surface area contributed by atoms with E-state index in [0.717, 1.165) is 27.2 Å². The quantitative estimate of drug-likeness (QED) is 0.240. The summed E-state index contributed by atoms with van der Waals surface area (Å²) in [5.41, 5.74) is 6.86. The van der Waals surface area contributed by atoms with Gasteiger partial charge < -0.3 is 9.47 Å². The summed E-state index contributed by atoms with van der Waals surface area (Å²) < 4.78 is 3.39. The Labute approximate surface area is 201 Å². The predicted octanol–water partition coefficient (Wildman–Crippen LogP) is 9.02. The highest BCUT2D eigenvalue weighted by molar-refractivity contribution is 9.10. The van der Waals surface area contributed by atoms with Crippen molar-refractivity contribution in [2.75, 3.05) is 4.90 Å². The molecule has 2 nitrogen and oxygen atoms in total. The first-order chi connectivity index (χ1) is 16.3. The molecular weight excluding hydrogens is 468 g/mol. The number of halogens is 1. The molecule has 0 spiro atoms. The van der Waals surface area contributed by atoms with Crippen LogP contribution >= 0.6 is 15.9 Å². The summed E-state index contributed by atoms with van der Waals surface area (Å²) in [5, 5.41) is 2.52. The number of para-hydroxylation sites is 4. The number of anilines is 3. The first-order valence-corrected chi connectivity index (χ1v) is 11.8. The highest BCUT2D eigenvalue weighted by Crippen LogP contribution is 2.39. The van der Waals surface area contributed by atoms with Crippen molar-refractivity contribution in [1.82, 2.24) is 4.57 Å². The normalized spacial score (nSPS) is 11.2. The van der Waals surface area contributed by atoms with Crippen molar-refractivity contribution in [3.8, 4) is 5.69 Å². The molecule has 6 aromatic rings. The minimum atomic E-state index is 1.04. The van der Waals surface area contributed by atoms with Crippen LogP contribution in [0.4, 0.5) is 17.1 Å². The van der Waals surface area contributed by atoms with Crippen LogP contribution in [-0.2, 0) is 0 Å². The van der Waals surface area contributed by atoms with Gasteiger partial charge in [0.15, 0.2) is 0 Å². The van der Waals surface area contributed by atoms with E-state index in [-0.39, 0.29) is 0 Å². The van der Waals surface area contributed by atoms with Crippen LogP contribution in [0.5, 0.6) is 0 Å². The predicted molar refractivity (Wildman–Crippen MR) is 143 cm³/mol. The van der Waals surface area contributed by atoms with Crippen molar-refractivity contribution in [3.63, 3.8) is 0 Å².